The molecule has 0 spiro atoms. The van der Waals surface area contributed by atoms with Gasteiger partial charge in [-0.1, -0.05) is 0 Å². The first-order chi connectivity index (χ1) is 20.9. The van der Waals surface area contributed by atoms with Crippen molar-refractivity contribution in [3.63, 3.8) is 0 Å². The fourth-order valence-electron chi connectivity index (χ4n) is 4.94. The topological polar surface area (TPSA) is 290 Å². The van der Waals surface area contributed by atoms with Gasteiger partial charge in [0.05, 0.1) is 13.2 Å². The summed E-state index contributed by atoms with van der Waals surface area (Å²) in [4.78, 5) is 12.9. The molecular formula is C27H30O17. The zero-order valence-electron chi connectivity index (χ0n) is 22.4. The van der Waals surface area contributed by atoms with Crippen LogP contribution in [-0.2, 0) is 14.2 Å². The van der Waals surface area contributed by atoms with E-state index in [0.717, 1.165) is 24.3 Å². The van der Waals surface area contributed by atoms with Gasteiger partial charge in [-0.2, -0.15) is 0 Å². The molecule has 3 aromatic rings. The summed E-state index contributed by atoms with van der Waals surface area (Å²) in [5, 5.41) is 112. The standard InChI is InChI=1S/C27H30O17/c28-6-15-18(34)21(37)23(39)26(42-15)44-25-22(38)19(35)16(7-29)43-27(25)41-14-5-12(33)17-11(32)4-13(40-24(17)20(14)36)8-1-2-9(30)10(31)3-8/h1-5,15-16,18-19,21-23,25-31,33-39H,6-7H2/t15-,16-,18+,19+,21-,22-,23+,25+,26-,27+/m0/s1. The van der Waals surface area contributed by atoms with Crippen molar-refractivity contribution in [2.24, 2.45) is 0 Å². The molecule has 17 nitrogen and oxygen atoms in total. The molecule has 11 N–H and O–H groups in total. The lowest BCUT2D eigenvalue weighted by Crippen LogP contribution is -2.65. The predicted molar refractivity (Wildman–Crippen MR) is 142 cm³/mol. The van der Waals surface area contributed by atoms with Crippen LogP contribution in [0.15, 0.2) is 39.5 Å². The number of phenols is 4. The van der Waals surface area contributed by atoms with Gasteiger partial charge in [0.25, 0.3) is 0 Å². The zero-order valence-corrected chi connectivity index (χ0v) is 22.4. The molecule has 0 amide bonds. The first-order valence-electron chi connectivity index (χ1n) is 13.2. The predicted octanol–water partition coefficient (Wildman–Crippen LogP) is -2.71. The molecule has 1 aromatic heterocycles. The van der Waals surface area contributed by atoms with Crippen LogP contribution in [0.1, 0.15) is 0 Å². The molecule has 0 saturated carbocycles. The summed E-state index contributed by atoms with van der Waals surface area (Å²) < 4.78 is 27.7. The van der Waals surface area contributed by atoms with Crippen molar-refractivity contribution < 1.29 is 79.5 Å². The van der Waals surface area contributed by atoms with E-state index in [4.69, 9.17) is 23.4 Å². The largest absolute Gasteiger partial charge is 0.507 e. The molecule has 2 fully saturated rings. The number of aliphatic hydroxyl groups is 7. The maximum atomic E-state index is 12.9. The van der Waals surface area contributed by atoms with Gasteiger partial charge < -0.3 is 79.5 Å². The lowest BCUT2D eigenvalue weighted by Gasteiger charge is -2.45. The van der Waals surface area contributed by atoms with E-state index >= 15 is 0 Å². The number of rotatable bonds is 7. The number of aliphatic hydroxyl groups excluding tert-OH is 7. The van der Waals surface area contributed by atoms with Gasteiger partial charge in [-0.15, -0.1) is 0 Å². The van der Waals surface area contributed by atoms with E-state index in [1.54, 1.807) is 0 Å². The van der Waals surface area contributed by atoms with E-state index in [-0.39, 0.29) is 11.3 Å². The number of benzene rings is 2. The van der Waals surface area contributed by atoms with E-state index in [1.165, 1.54) is 6.07 Å². The Morgan fingerprint density at radius 1 is 0.705 bits per heavy atom. The molecular weight excluding hydrogens is 596 g/mol. The van der Waals surface area contributed by atoms with E-state index in [2.05, 4.69) is 0 Å². The highest BCUT2D eigenvalue weighted by Crippen LogP contribution is 2.42. The van der Waals surface area contributed by atoms with Crippen molar-refractivity contribution in [2.45, 2.75) is 61.4 Å². The number of hydrogen-bond donors (Lipinski definition) is 11. The summed E-state index contributed by atoms with van der Waals surface area (Å²) in [6.45, 7) is -1.64. The van der Waals surface area contributed by atoms with E-state index in [9.17, 15) is 61.0 Å². The molecule has 2 aromatic carbocycles. The van der Waals surface area contributed by atoms with E-state index < -0.39 is 120 Å². The van der Waals surface area contributed by atoms with Crippen molar-refractivity contribution in [1.29, 1.82) is 0 Å². The maximum Gasteiger partial charge on any atom is 0.229 e. The summed E-state index contributed by atoms with van der Waals surface area (Å²) >= 11 is 0. The minimum absolute atomic E-state index is 0.107. The smallest absolute Gasteiger partial charge is 0.229 e. The second kappa shape index (κ2) is 12.3. The lowest BCUT2D eigenvalue weighted by atomic mass is 9.97. The maximum absolute atomic E-state index is 12.9. The van der Waals surface area contributed by atoms with Gasteiger partial charge in [0.2, 0.25) is 12.0 Å². The fourth-order valence-corrected chi connectivity index (χ4v) is 4.94. The minimum Gasteiger partial charge on any atom is -0.507 e. The van der Waals surface area contributed by atoms with Crippen LogP contribution >= 0.6 is 0 Å². The summed E-state index contributed by atoms with van der Waals surface area (Å²) in [6.07, 6.45) is -17.6. The summed E-state index contributed by atoms with van der Waals surface area (Å²) in [6, 6.07) is 5.27. The van der Waals surface area contributed by atoms with Crippen LogP contribution in [0.25, 0.3) is 22.3 Å². The zero-order chi connectivity index (χ0) is 32.0. The summed E-state index contributed by atoms with van der Waals surface area (Å²) in [5.74, 6) is -3.39. The third kappa shape index (κ3) is 5.61. The molecule has 3 heterocycles. The normalized spacial score (nSPS) is 32.5. The van der Waals surface area contributed by atoms with Crippen molar-refractivity contribution >= 4 is 11.0 Å². The Labute approximate surface area is 246 Å². The molecule has 44 heavy (non-hydrogen) atoms. The Balaban J connectivity index is 1.52. The molecule has 2 aliphatic rings. The average Bonchev–Trinajstić information content (AvgIpc) is 3.00. The third-order valence-electron chi connectivity index (χ3n) is 7.39. The highest BCUT2D eigenvalue weighted by atomic mass is 16.8. The highest BCUT2D eigenvalue weighted by molar-refractivity contribution is 5.91. The molecule has 2 saturated heterocycles. The quantitative estimate of drug-likeness (QED) is 0.0938. The van der Waals surface area contributed by atoms with Crippen LogP contribution in [-0.4, -0.2) is 131 Å². The van der Waals surface area contributed by atoms with Crippen molar-refractivity contribution in [1.82, 2.24) is 0 Å². The van der Waals surface area contributed by atoms with Gasteiger partial charge in [-0.25, -0.2) is 0 Å². The number of aromatic hydroxyl groups is 4. The van der Waals surface area contributed by atoms with Gasteiger partial charge in [0, 0.05) is 17.7 Å². The third-order valence-corrected chi connectivity index (χ3v) is 7.39. The fraction of sp³-hybridized carbons (Fsp3) is 0.444. The minimum atomic E-state index is -1.93. The van der Waals surface area contributed by atoms with Gasteiger partial charge in [-0.05, 0) is 18.2 Å². The van der Waals surface area contributed by atoms with Gasteiger partial charge in [0.1, 0.15) is 59.6 Å². The molecule has 240 valence electrons. The van der Waals surface area contributed by atoms with Crippen molar-refractivity contribution in [2.75, 3.05) is 13.2 Å². The van der Waals surface area contributed by atoms with Crippen LogP contribution in [0, 0.1) is 0 Å². The highest BCUT2D eigenvalue weighted by Gasteiger charge is 2.51. The first kappa shape index (κ1) is 31.7. The van der Waals surface area contributed by atoms with E-state index in [1.807, 2.05) is 0 Å². The van der Waals surface area contributed by atoms with Crippen LogP contribution in [0.2, 0.25) is 0 Å². The Morgan fingerprint density at radius 3 is 1.98 bits per heavy atom. The Morgan fingerprint density at radius 2 is 1.34 bits per heavy atom. The van der Waals surface area contributed by atoms with Crippen LogP contribution in [0.5, 0.6) is 28.7 Å². The molecule has 5 rings (SSSR count). The molecule has 2 aliphatic heterocycles. The van der Waals surface area contributed by atoms with Crippen LogP contribution in [0.3, 0.4) is 0 Å². The lowest BCUT2D eigenvalue weighted by molar-refractivity contribution is -0.358. The number of phenolic OH excluding ortho intramolecular Hbond substituents is 4. The SMILES string of the molecule is O=c1cc(-c2ccc(O)c(O)c2)oc2c(O)c(O[C@@H]3O[C@@H](CO)[C@@H](O)[C@H](O)[C@H]3O[C@@H]3O[C@@H](CO)[C@@H](O)[C@H](O)[C@H]3O)cc(O)c12. The van der Waals surface area contributed by atoms with E-state index in [0.29, 0.717) is 0 Å². The summed E-state index contributed by atoms with van der Waals surface area (Å²) in [5.41, 5.74) is -1.29. The molecule has 0 unspecified atom stereocenters. The number of fused-ring (bicyclic) bond motifs is 1. The second-order valence-corrected chi connectivity index (χ2v) is 10.2. The van der Waals surface area contributed by atoms with Gasteiger partial charge in [-0.3, -0.25) is 4.79 Å². The molecule has 10 atom stereocenters. The number of hydrogen-bond acceptors (Lipinski definition) is 17. The monoisotopic (exact) mass is 626 g/mol. The summed E-state index contributed by atoms with van der Waals surface area (Å²) in [7, 11) is 0. The van der Waals surface area contributed by atoms with Crippen molar-refractivity contribution in [3.05, 3.63) is 40.6 Å². The van der Waals surface area contributed by atoms with Crippen LogP contribution < -0.4 is 10.2 Å². The molecule has 17 heteroatoms. The van der Waals surface area contributed by atoms with Gasteiger partial charge in [0.15, 0.2) is 40.7 Å². The molecule has 0 bridgehead atoms. The first-order valence-corrected chi connectivity index (χ1v) is 13.2. The molecule has 0 aliphatic carbocycles. The van der Waals surface area contributed by atoms with Gasteiger partial charge >= 0.3 is 0 Å². The molecule has 0 radical (unpaired) electrons. The Hall–Kier alpha value is -3.75. The Bertz CT molecular complexity index is 1560. The average molecular weight is 627 g/mol. The van der Waals surface area contributed by atoms with Crippen LogP contribution in [0.4, 0.5) is 0 Å². The Kier molecular flexibility index (Phi) is 8.87. The van der Waals surface area contributed by atoms with Crippen molar-refractivity contribution in [3.8, 4) is 40.1 Å². The second-order valence-electron chi connectivity index (χ2n) is 10.2. The number of ether oxygens (including phenoxy) is 4.